The molecular formula is C22H19N. The SMILES string of the molecule is CCc1ccc(Nc2c3ccccc3cc3ccccc23)cc1. The molecule has 0 spiro atoms. The van der Waals surface area contributed by atoms with Gasteiger partial charge < -0.3 is 5.32 Å². The average Bonchev–Trinajstić information content (AvgIpc) is 2.62. The zero-order valence-corrected chi connectivity index (χ0v) is 13.2. The lowest BCUT2D eigenvalue weighted by molar-refractivity contribution is 1.14. The second-order valence-electron chi connectivity index (χ2n) is 5.87. The van der Waals surface area contributed by atoms with Crippen molar-refractivity contribution in [3.63, 3.8) is 0 Å². The molecule has 0 atom stereocenters. The highest BCUT2D eigenvalue weighted by Crippen LogP contribution is 2.34. The van der Waals surface area contributed by atoms with E-state index in [1.807, 2.05) is 0 Å². The van der Waals surface area contributed by atoms with Gasteiger partial charge in [0.2, 0.25) is 0 Å². The maximum Gasteiger partial charge on any atom is 0.0543 e. The zero-order chi connectivity index (χ0) is 15.6. The van der Waals surface area contributed by atoms with E-state index >= 15 is 0 Å². The van der Waals surface area contributed by atoms with E-state index in [0.717, 1.165) is 12.1 Å². The van der Waals surface area contributed by atoms with E-state index in [1.165, 1.54) is 32.8 Å². The summed E-state index contributed by atoms with van der Waals surface area (Å²) in [7, 11) is 0. The van der Waals surface area contributed by atoms with Gasteiger partial charge in [-0.1, -0.05) is 67.6 Å². The van der Waals surface area contributed by atoms with Crippen LogP contribution in [0.2, 0.25) is 0 Å². The number of aryl methyl sites for hydroxylation is 1. The number of anilines is 2. The summed E-state index contributed by atoms with van der Waals surface area (Å²) in [6.07, 6.45) is 1.07. The minimum Gasteiger partial charge on any atom is -0.355 e. The molecule has 4 aromatic rings. The number of hydrogen-bond donors (Lipinski definition) is 1. The number of hydrogen-bond acceptors (Lipinski definition) is 1. The molecule has 0 saturated carbocycles. The van der Waals surface area contributed by atoms with Gasteiger partial charge >= 0.3 is 0 Å². The smallest absolute Gasteiger partial charge is 0.0543 e. The molecule has 1 N–H and O–H groups in total. The fourth-order valence-electron chi connectivity index (χ4n) is 3.12. The predicted molar refractivity (Wildman–Crippen MR) is 101 cm³/mol. The molecule has 0 saturated heterocycles. The van der Waals surface area contributed by atoms with Crippen LogP contribution in [0.4, 0.5) is 11.4 Å². The van der Waals surface area contributed by atoms with Crippen molar-refractivity contribution in [3.8, 4) is 0 Å². The van der Waals surface area contributed by atoms with Crippen LogP contribution in [0.1, 0.15) is 12.5 Å². The fraction of sp³-hybridized carbons (Fsp3) is 0.0909. The summed E-state index contributed by atoms with van der Waals surface area (Å²) in [5.41, 5.74) is 3.67. The van der Waals surface area contributed by atoms with Crippen molar-refractivity contribution in [2.75, 3.05) is 5.32 Å². The fourth-order valence-corrected chi connectivity index (χ4v) is 3.12. The van der Waals surface area contributed by atoms with E-state index in [2.05, 4.69) is 91.1 Å². The van der Waals surface area contributed by atoms with E-state index in [-0.39, 0.29) is 0 Å². The summed E-state index contributed by atoms with van der Waals surface area (Å²) in [5, 5.41) is 8.68. The lowest BCUT2D eigenvalue weighted by Crippen LogP contribution is -1.94. The van der Waals surface area contributed by atoms with Gasteiger partial charge in [0, 0.05) is 16.5 Å². The highest BCUT2D eigenvalue weighted by atomic mass is 14.9. The standard InChI is InChI=1S/C22H19N/c1-2-16-11-13-19(14-12-16)23-22-20-9-5-3-7-17(20)15-18-8-4-6-10-21(18)22/h3-15,23H,2H2,1H3. The van der Waals surface area contributed by atoms with Gasteiger partial charge in [0.1, 0.15) is 0 Å². The van der Waals surface area contributed by atoms with E-state index in [9.17, 15) is 0 Å². The number of fused-ring (bicyclic) bond motifs is 2. The lowest BCUT2D eigenvalue weighted by atomic mass is 10.0. The maximum atomic E-state index is 3.64. The number of rotatable bonds is 3. The molecule has 0 amide bonds. The monoisotopic (exact) mass is 297 g/mol. The Kier molecular flexibility index (Phi) is 3.47. The first kappa shape index (κ1) is 13.8. The first-order valence-electron chi connectivity index (χ1n) is 8.11. The average molecular weight is 297 g/mol. The van der Waals surface area contributed by atoms with Crippen LogP contribution in [-0.2, 0) is 6.42 Å². The third-order valence-electron chi connectivity index (χ3n) is 4.40. The highest BCUT2D eigenvalue weighted by Gasteiger charge is 2.07. The summed E-state index contributed by atoms with van der Waals surface area (Å²) in [4.78, 5) is 0. The van der Waals surface area contributed by atoms with E-state index in [1.54, 1.807) is 0 Å². The molecule has 1 heteroatoms. The minimum atomic E-state index is 1.07. The molecule has 0 aromatic heterocycles. The predicted octanol–water partition coefficient (Wildman–Crippen LogP) is 6.30. The zero-order valence-electron chi connectivity index (χ0n) is 13.2. The molecule has 4 aromatic carbocycles. The van der Waals surface area contributed by atoms with Crippen molar-refractivity contribution < 1.29 is 0 Å². The Hall–Kier alpha value is -2.80. The Labute approximate surface area is 136 Å². The quantitative estimate of drug-likeness (QED) is 0.438. The molecule has 4 rings (SSSR count). The molecule has 0 heterocycles. The Bertz CT molecular complexity index is 914. The van der Waals surface area contributed by atoms with Crippen LogP contribution in [0.5, 0.6) is 0 Å². The maximum absolute atomic E-state index is 3.64. The van der Waals surface area contributed by atoms with Gasteiger partial charge in [-0.15, -0.1) is 0 Å². The Morgan fingerprint density at radius 3 is 1.83 bits per heavy atom. The topological polar surface area (TPSA) is 12.0 Å². The second-order valence-corrected chi connectivity index (χ2v) is 5.87. The molecule has 0 aliphatic carbocycles. The summed E-state index contributed by atoms with van der Waals surface area (Å²) in [5.74, 6) is 0. The van der Waals surface area contributed by atoms with Crippen molar-refractivity contribution in [2.45, 2.75) is 13.3 Å². The molecule has 112 valence electrons. The molecule has 0 fully saturated rings. The van der Waals surface area contributed by atoms with Crippen LogP contribution in [0.25, 0.3) is 21.5 Å². The molecule has 0 aliphatic rings. The summed E-state index contributed by atoms with van der Waals surface area (Å²) in [6, 6.07) is 28.1. The minimum absolute atomic E-state index is 1.07. The summed E-state index contributed by atoms with van der Waals surface area (Å²) < 4.78 is 0. The van der Waals surface area contributed by atoms with Crippen LogP contribution in [-0.4, -0.2) is 0 Å². The largest absolute Gasteiger partial charge is 0.355 e. The van der Waals surface area contributed by atoms with Crippen LogP contribution in [0, 0.1) is 0 Å². The van der Waals surface area contributed by atoms with Gasteiger partial charge in [-0.2, -0.15) is 0 Å². The molecule has 0 radical (unpaired) electrons. The highest BCUT2D eigenvalue weighted by molar-refractivity contribution is 6.11. The summed E-state index contributed by atoms with van der Waals surface area (Å²) in [6.45, 7) is 2.18. The van der Waals surface area contributed by atoms with Crippen LogP contribution in [0.3, 0.4) is 0 Å². The first-order chi connectivity index (χ1) is 11.3. The lowest BCUT2D eigenvalue weighted by Gasteiger charge is -2.14. The molecular weight excluding hydrogens is 278 g/mol. The Morgan fingerprint density at radius 2 is 1.26 bits per heavy atom. The van der Waals surface area contributed by atoms with Gasteiger partial charge in [-0.3, -0.25) is 0 Å². The van der Waals surface area contributed by atoms with Gasteiger partial charge in [-0.05, 0) is 41.0 Å². The summed E-state index contributed by atoms with van der Waals surface area (Å²) >= 11 is 0. The Morgan fingerprint density at radius 1 is 0.696 bits per heavy atom. The third-order valence-corrected chi connectivity index (χ3v) is 4.40. The van der Waals surface area contributed by atoms with Crippen molar-refractivity contribution in [1.29, 1.82) is 0 Å². The van der Waals surface area contributed by atoms with Gasteiger partial charge in [0.25, 0.3) is 0 Å². The first-order valence-corrected chi connectivity index (χ1v) is 8.11. The van der Waals surface area contributed by atoms with Crippen molar-refractivity contribution >= 4 is 32.9 Å². The third kappa shape index (κ3) is 2.55. The van der Waals surface area contributed by atoms with Crippen LogP contribution >= 0.6 is 0 Å². The van der Waals surface area contributed by atoms with E-state index < -0.39 is 0 Å². The second kappa shape index (κ2) is 5.77. The molecule has 0 unspecified atom stereocenters. The normalized spacial score (nSPS) is 11.0. The van der Waals surface area contributed by atoms with Crippen molar-refractivity contribution in [2.24, 2.45) is 0 Å². The van der Waals surface area contributed by atoms with Crippen molar-refractivity contribution in [1.82, 2.24) is 0 Å². The van der Waals surface area contributed by atoms with Gasteiger partial charge in [0.05, 0.1) is 5.69 Å². The van der Waals surface area contributed by atoms with E-state index in [4.69, 9.17) is 0 Å². The molecule has 23 heavy (non-hydrogen) atoms. The van der Waals surface area contributed by atoms with E-state index in [0.29, 0.717) is 0 Å². The van der Waals surface area contributed by atoms with Gasteiger partial charge in [0.15, 0.2) is 0 Å². The molecule has 0 bridgehead atoms. The van der Waals surface area contributed by atoms with Crippen LogP contribution in [0.15, 0.2) is 78.9 Å². The van der Waals surface area contributed by atoms with Crippen molar-refractivity contribution in [3.05, 3.63) is 84.4 Å². The molecule has 1 nitrogen and oxygen atoms in total. The Balaban J connectivity index is 1.91. The van der Waals surface area contributed by atoms with Gasteiger partial charge in [-0.25, -0.2) is 0 Å². The molecule has 0 aliphatic heterocycles. The van der Waals surface area contributed by atoms with Crippen LogP contribution < -0.4 is 5.32 Å². The number of nitrogens with one attached hydrogen (secondary N) is 1. The number of benzene rings is 4.